The van der Waals surface area contributed by atoms with Crippen LogP contribution in [0.5, 0.6) is 5.75 Å². The van der Waals surface area contributed by atoms with Gasteiger partial charge in [0.2, 0.25) is 11.8 Å². The highest BCUT2D eigenvalue weighted by molar-refractivity contribution is 6.09. The number of carbonyl (C=O) groups is 2. The minimum absolute atomic E-state index is 0.0642. The van der Waals surface area contributed by atoms with Gasteiger partial charge in [-0.1, -0.05) is 29.8 Å². The Hall–Kier alpha value is -2.82. The number of hydrogen-bond donors (Lipinski definition) is 1. The molecule has 2 aromatic rings. The first-order valence-corrected chi connectivity index (χ1v) is 8.02. The van der Waals surface area contributed by atoms with Gasteiger partial charge in [-0.15, -0.1) is 0 Å². The van der Waals surface area contributed by atoms with Crippen LogP contribution >= 0.6 is 0 Å². The second-order valence-electron chi connectivity index (χ2n) is 5.81. The van der Waals surface area contributed by atoms with Crippen LogP contribution in [0.4, 0.5) is 11.4 Å². The molecule has 0 spiro atoms. The van der Waals surface area contributed by atoms with E-state index in [1.807, 2.05) is 49.4 Å². The summed E-state index contributed by atoms with van der Waals surface area (Å²) < 4.78 is 5.64. The molecule has 0 bridgehead atoms. The monoisotopic (exact) mass is 324 g/mol. The van der Waals surface area contributed by atoms with Gasteiger partial charge in [0.05, 0.1) is 18.0 Å². The van der Waals surface area contributed by atoms with Crippen LogP contribution in [0.15, 0.2) is 48.5 Å². The predicted octanol–water partition coefficient (Wildman–Crippen LogP) is 3.14. The van der Waals surface area contributed by atoms with E-state index in [9.17, 15) is 9.59 Å². The quantitative estimate of drug-likeness (QED) is 0.860. The van der Waals surface area contributed by atoms with Gasteiger partial charge in [-0.05, 0) is 37.6 Å². The van der Waals surface area contributed by atoms with Crippen LogP contribution in [0.3, 0.4) is 0 Å². The van der Waals surface area contributed by atoms with Crippen LogP contribution in [0.25, 0.3) is 0 Å². The lowest BCUT2D eigenvalue weighted by Gasteiger charge is -2.29. The largest absolute Gasteiger partial charge is 0.494 e. The highest BCUT2D eigenvalue weighted by Crippen LogP contribution is 2.29. The predicted molar refractivity (Wildman–Crippen MR) is 93.3 cm³/mol. The number of rotatable bonds is 5. The molecule has 2 aromatic carbocycles. The molecular weight excluding hydrogens is 304 g/mol. The van der Waals surface area contributed by atoms with Crippen molar-refractivity contribution in [1.82, 2.24) is 0 Å². The lowest BCUT2D eigenvalue weighted by Crippen LogP contribution is -2.42. The van der Waals surface area contributed by atoms with Gasteiger partial charge in [-0.2, -0.15) is 0 Å². The molecule has 0 saturated carbocycles. The average Bonchev–Trinajstić information content (AvgIpc) is 2.59. The fourth-order valence-corrected chi connectivity index (χ4v) is 2.64. The minimum Gasteiger partial charge on any atom is -0.494 e. The summed E-state index contributed by atoms with van der Waals surface area (Å²) in [5.74, 6) is 0.568. The van der Waals surface area contributed by atoms with Crippen molar-refractivity contribution < 1.29 is 14.3 Å². The molecule has 1 N–H and O–H groups in total. The molecule has 0 unspecified atom stereocenters. The number of benzene rings is 2. The number of para-hydroxylation sites is 2. The van der Waals surface area contributed by atoms with Gasteiger partial charge >= 0.3 is 0 Å². The van der Waals surface area contributed by atoms with E-state index < -0.39 is 0 Å². The first-order chi connectivity index (χ1) is 11.6. The van der Waals surface area contributed by atoms with E-state index in [0.717, 1.165) is 11.4 Å². The number of ether oxygens (including phenoxy) is 1. The molecule has 5 heteroatoms. The van der Waals surface area contributed by atoms with Crippen molar-refractivity contribution in [3.8, 4) is 5.75 Å². The van der Waals surface area contributed by atoms with Crippen molar-refractivity contribution in [3.05, 3.63) is 54.1 Å². The van der Waals surface area contributed by atoms with E-state index in [4.69, 9.17) is 4.74 Å². The van der Waals surface area contributed by atoms with Crippen molar-refractivity contribution in [2.75, 3.05) is 23.4 Å². The maximum absolute atomic E-state index is 12.5. The van der Waals surface area contributed by atoms with Crippen LogP contribution in [0.2, 0.25) is 0 Å². The van der Waals surface area contributed by atoms with E-state index in [1.165, 1.54) is 5.56 Å². The second-order valence-corrected chi connectivity index (χ2v) is 5.81. The Balaban J connectivity index is 1.54. The fourth-order valence-electron chi connectivity index (χ4n) is 2.64. The third kappa shape index (κ3) is 3.74. The molecule has 5 nitrogen and oxygen atoms in total. The molecule has 0 saturated heterocycles. The summed E-state index contributed by atoms with van der Waals surface area (Å²) in [6.07, 6.45) is 0.945. The summed E-state index contributed by atoms with van der Waals surface area (Å²) in [6.45, 7) is 2.56. The third-order valence-electron chi connectivity index (χ3n) is 3.90. The van der Waals surface area contributed by atoms with Gasteiger partial charge in [-0.3, -0.25) is 9.59 Å². The summed E-state index contributed by atoms with van der Waals surface area (Å²) in [5.41, 5.74) is 2.61. The molecule has 1 aliphatic heterocycles. The van der Waals surface area contributed by atoms with Crippen LogP contribution < -0.4 is 15.0 Å². The van der Waals surface area contributed by atoms with Crippen LogP contribution in [-0.4, -0.2) is 25.0 Å². The first-order valence-electron chi connectivity index (χ1n) is 8.02. The lowest BCUT2D eigenvalue weighted by atomic mass is 10.1. The number of anilines is 2. The second kappa shape index (κ2) is 7.17. The Morgan fingerprint density at radius 2 is 1.92 bits per heavy atom. The Bertz CT molecular complexity index is 741. The van der Waals surface area contributed by atoms with Crippen molar-refractivity contribution in [1.29, 1.82) is 0 Å². The van der Waals surface area contributed by atoms with Gasteiger partial charge in [0, 0.05) is 6.42 Å². The van der Waals surface area contributed by atoms with Crippen molar-refractivity contribution >= 4 is 23.2 Å². The van der Waals surface area contributed by atoms with E-state index in [-0.39, 0.29) is 18.4 Å². The zero-order valence-electron chi connectivity index (χ0n) is 13.6. The Morgan fingerprint density at radius 3 is 2.71 bits per heavy atom. The third-order valence-corrected chi connectivity index (χ3v) is 3.90. The molecular formula is C19H20N2O3. The minimum atomic E-state index is -0.169. The molecule has 2 amide bonds. The van der Waals surface area contributed by atoms with E-state index in [0.29, 0.717) is 25.1 Å². The van der Waals surface area contributed by atoms with Crippen molar-refractivity contribution in [2.24, 2.45) is 0 Å². The number of nitrogens with one attached hydrogen (secondary N) is 1. The average molecular weight is 324 g/mol. The van der Waals surface area contributed by atoms with Crippen molar-refractivity contribution in [3.63, 3.8) is 0 Å². The Kier molecular flexibility index (Phi) is 4.79. The van der Waals surface area contributed by atoms with Gasteiger partial charge in [-0.25, -0.2) is 0 Å². The molecule has 1 aliphatic rings. The number of hydrogen-bond acceptors (Lipinski definition) is 3. The number of fused-ring (bicyclic) bond motifs is 1. The molecule has 3 rings (SSSR count). The standard InChI is InChI=1S/C19H20N2O3/c1-14-8-10-15(11-9-14)24-12-4-7-19(23)21-13-18(22)20-16-5-2-3-6-17(16)21/h2-3,5-6,8-11H,4,7,12-13H2,1H3,(H,20,22). The number of amides is 2. The Morgan fingerprint density at radius 1 is 1.17 bits per heavy atom. The van der Waals surface area contributed by atoms with Gasteiger partial charge in [0.15, 0.2) is 0 Å². The molecule has 0 fully saturated rings. The summed E-state index contributed by atoms with van der Waals surface area (Å²) in [7, 11) is 0. The van der Waals surface area contributed by atoms with Gasteiger partial charge in [0.25, 0.3) is 0 Å². The van der Waals surface area contributed by atoms with E-state index >= 15 is 0 Å². The summed E-state index contributed by atoms with van der Waals surface area (Å²) in [4.78, 5) is 25.7. The van der Waals surface area contributed by atoms with E-state index in [2.05, 4.69) is 5.32 Å². The fraction of sp³-hybridized carbons (Fsp3) is 0.263. The number of aryl methyl sites for hydroxylation is 1. The van der Waals surface area contributed by atoms with Crippen LogP contribution in [-0.2, 0) is 9.59 Å². The van der Waals surface area contributed by atoms with Crippen LogP contribution in [0.1, 0.15) is 18.4 Å². The maximum Gasteiger partial charge on any atom is 0.244 e. The maximum atomic E-state index is 12.5. The molecule has 24 heavy (non-hydrogen) atoms. The van der Waals surface area contributed by atoms with Crippen LogP contribution in [0, 0.1) is 6.92 Å². The summed E-state index contributed by atoms with van der Waals surface area (Å²) >= 11 is 0. The molecule has 0 aromatic heterocycles. The molecule has 0 radical (unpaired) electrons. The highest BCUT2D eigenvalue weighted by atomic mass is 16.5. The van der Waals surface area contributed by atoms with Gasteiger partial charge in [0.1, 0.15) is 12.3 Å². The number of nitrogens with zero attached hydrogens (tertiary/aromatic N) is 1. The highest BCUT2D eigenvalue weighted by Gasteiger charge is 2.25. The topological polar surface area (TPSA) is 58.6 Å². The van der Waals surface area contributed by atoms with Crippen molar-refractivity contribution in [2.45, 2.75) is 19.8 Å². The smallest absolute Gasteiger partial charge is 0.244 e. The van der Waals surface area contributed by atoms with Gasteiger partial charge < -0.3 is 15.0 Å². The summed E-state index contributed by atoms with van der Waals surface area (Å²) in [6, 6.07) is 15.2. The lowest BCUT2D eigenvalue weighted by molar-refractivity contribution is -0.122. The SMILES string of the molecule is Cc1ccc(OCCCC(=O)N2CC(=O)Nc3ccccc32)cc1. The molecule has 124 valence electrons. The molecule has 0 atom stereocenters. The molecule has 1 heterocycles. The number of carbonyl (C=O) groups excluding carboxylic acids is 2. The zero-order valence-corrected chi connectivity index (χ0v) is 13.6. The first kappa shape index (κ1) is 16.1. The summed E-state index contributed by atoms with van der Waals surface area (Å²) in [5, 5.41) is 2.78. The normalized spacial score (nSPS) is 13.2. The zero-order chi connectivity index (χ0) is 16.9. The Labute approximate surface area is 141 Å². The van der Waals surface area contributed by atoms with E-state index in [1.54, 1.807) is 11.0 Å². The molecule has 0 aliphatic carbocycles.